The number of alkyl halides is 7. The van der Waals surface area contributed by atoms with Crippen LogP contribution in [0.3, 0.4) is 0 Å². The summed E-state index contributed by atoms with van der Waals surface area (Å²) >= 11 is 0. The fourth-order valence-corrected chi connectivity index (χ4v) is 5.25. The molecule has 2 rings (SSSR count). The van der Waals surface area contributed by atoms with E-state index in [1.54, 1.807) is 27.7 Å². The molecule has 2 aliphatic rings. The zero-order valence-electron chi connectivity index (χ0n) is 42.6. The van der Waals surface area contributed by atoms with Gasteiger partial charge in [-0.2, -0.15) is 13.2 Å². The molecular formula is C52H105F7. The van der Waals surface area contributed by atoms with Crippen molar-refractivity contribution in [1.29, 1.82) is 0 Å². The van der Waals surface area contributed by atoms with Crippen molar-refractivity contribution in [3.8, 4) is 12.3 Å². The molecule has 0 aromatic heterocycles. The second-order valence-electron chi connectivity index (χ2n) is 20.3. The van der Waals surface area contributed by atoms with Crippen molar-refractivity contribution < 1.29 is 30.7 Å². The number of hydrogen-bond donors (Lipinski definition) is 0. The fourth-order valence-electron chi connectivity index (χ4n) is 5.25. The molecule has 2 saturated carbocycles. The minimum atomic E-state index is -3.97. The first-order valence-corrected chi connectivity index (χ1v) is 24.1. The Hall–Kier alpha value is -0.930. The Labute approximate surface area is 367 Å². The standard InChI is InChI=1S/C8H16.C7H14.C7H16.C7H12.C6H11F3.C6H12F2.C6H14.C5H10F2/c1-7(2)6-8-4-3-5-8;1-6(2)5-7-3-4-7;2*1-4-5-6-7(2)3;1-5(2)3-4-6(7,8)9;1-5(2)3-4-6(7)8;1-4-5-6(2)3;1-4(2)3-5(6)7/h7-8H,3-6H2,1-2H3;6-7H,3-5H2,1-2H3;7H,4-6H2,1-3H3;1,7H,5-6H2,2-3H3;5H,3-4H2,1-2H3;5-6H,3-4H2,1-2H3;6H,4-5H2,1-3H3;4-5H,3H2,1-2H3. The first-order valence-electron chi connectivity index (χ1n) is 24.1. The Morgan fingerprint density at radius 3 is 0.983 bits per heavy atom. The fraction of sp³-hybridized carbons (Fsp3) is 0.962. The Balaban J connectivity index is -0.000000136. The first kappa shape index (κ1) is 69.8. The van der Waals surface area contributed by atoms with Gasteiger partial charge in [-0.3, -0.25) is 0 Å². The summed E-state index contributed by atoms with van der Waals surface area (Å²) in [5.41, 5.74) is 0. The number of halogens is 7. The van der Waals surface area contributed by atoms with Crippen molar-refractivity contribution in [2.45, 2.75) is 266 Å². The maximum absolute atomic E-state index is 11.4. The van der Waals surface area contributed by atoms with Gasteiger partial charge in [0.05, 0.1) is 0 Å². The van der Waals surface area contributed by atoms with E-state index in [0.29, 0.717) is 12.3 Å². The van der Waals surface area contributed by atoms with Crippen LogP contribution >= 0.6 is 0 Å². The van der Waals surface area contributed by atoms with Crippen molar-refractivity contribution in [2.24, 2.45) is 59.2 Å². The van der Waals surface area contributed by atoms with Gasteiger partial charge in [-0.25, -0.2) is 17.6 Å². The van der Waals surface area contributed by atoms with Crippen LogP contribution in [0.15, 0.2) is 0 Å². The molecule has 0 heterocycles. The van der Waals surface area contributed by atoms with Crippen LogP contribution in [-0.2, 0) is 0 Å². The Kier molecular flexibility index (Phi) is 56.9. The van der Waals surface area contributed by atoms with Gasteiger partial charge in [0, 0.05) is 25.7 Å². The molecule has 59 heavy (non-hydrogen) atoms. The second kappa shape index (κ2) is 48.1. The third-order valence-electron chi connectivity index (χ3n) is 9.02. The van der Waals surface area contributed by atoms with Gasteiger partial charge in [0.2, 0.25) is 12.9 Å². The van der Waals surface area contributed by atoms with Gasteiger partial charge in [-0.1, -0.05) is 189 Å². The monoisotopic (exact) mass is 863 g/mol. The third kappa shape index (κ3) is 97.8. The average molecular weight is 863 g/mol. The molecule has 2 fully saturated rings. The van der Waals surface area contributed by atoms with Gasteiger partial charge in [0.15, 0.2) is 0 Å². The summed E-state index contributed by atoms with van der Waals surface area (Å²) in [5, 5.41) is 0. The molecular weight excluding hydrogens is 758 g/mol. The molecule has 0 unspecified atom stereocenters. The van der Waals surface area contributed by atoms with Crippen LogP contribution < -0.4 is 0 Å². The summed E-state index contributed by atoms with van der Waals surface area (Å²) in [5.74, 6) is 9.94. The van der Waals surface area contributed by atoms with Crippen molar-refractivity contribution in [3.05, 3.63) is 0 Å². The third-order valence-corrected chi connectivity index (χ3v) is 9.02. The van der Waals surface area contributed by atoms with Crippen LogP contribution in [0.1, 0.15) is 247 Å². The molecule has 0 atom stereocenters. The van der Waals surface area contributed by atoms with Gasteiger partial charge < -0.3 is 0 Å². The SMILES string of the molecule is C#CCCC(C)C.CC(C)CC(F)F.CC(C)CC1CC1.CC(C)CC1CCC1.CC(C)CCC(F)(F)F.CC(C)CCC(F)F.CCCC(C)C.CCCCC(C)C. The van der Waals surface area contributed by atoms with E-state index in [0.717, 1.165) is 54.3 Å². The maximum Gasteiger partial charge on any atom is 0.389 e. The highest BCUT2D eigenvalue weighted by atomic mass is 19.4. The summed E-state index contributed by atoms with van der Waals surface area (Å²) in [6.07, 6.45) is 16.6. The van der Waals surface area contributed by atoms with E-state index in [4.69, 9.17) is 6.42 Å². The maximum atomic E-state index is 11.4. The van der Waals surface area contributed by atoms with E-state index >= 15 is 0 Å². The van der Waals surface area contributed by atoms with Gasteiger partial charge >= 0.3 is 6.18 Å². The van der Waals surface area contributed by atoms with Crippen molar-refractivity contribution in [3.63, 3.8) is 0 Å². The highest BCUT2D eigenvalue weighted by Crippen LogP contribution is 2.35. The predicted molar refractivity (Wildman–Crippen MR) is 252 cm³/mol. The molecule has 0 spiro atoms. The van der Waals surface area contributed by atoms with E-state index in [1.807, 2.05) is 13.8 Å². The highest BCUT2D eigenvalue weighted by Gasteiger charge is 2.26. The Morgan fingerprint density at radius 2 is 0.881 bits per heavy atom. The van der Waals surface area contributed by atoms with Crippen LogP contribution in [-0.4, -0.2) is 19.0 Å². The molecule has 0 nitrogen and oxygen atoms in total. The average Bonchev–Trinajstić information content (AvgIpc) is 3.87. The first-order chi connectivity index (χ1) is 27.1. The van der Waals surface area contributed by atoms with Crippen LogP contribution in [0, 0.1) is 71.5 Å². The predicted octanol–water partition coefficient (Wildman–Crippen LogP) is 20.6. The minimum Gasteiger partial charge on any atom is -0.211 e. The second-order valence-corrected chi connectivity index (χ2v) is 20.3. The van der Waals surface area contributed by atoms with Gasteiger partial charge in [0.1, 0.15) is 0 Å². The molecule has 0 bridgehead atoms. The molecule has 0 aromatic carbocycles. The van der Waals surface area contributed by atoms with E-state index in [1.165, 1.54) is 77.0 Å². The summed E-state index contributed by atoms with van der Waals surface area (Å²) < 4.78 is 79.6. The van der Waals surface area contributed by atoms with E-state index in [-0.39, 0.29) is 31.1 Å². The highest BCUT2D eigenvalue weighted by molar-refractivity contribution is 4.83. The molecule has 0 radical (unpaired) electrons. The number of rotatable bonds is 18. The lowest BCUT2D eigenvalue weighted by Crippen LogP contribution is -2.12. The topological polar surface area (TPSA) is 0 Å². The largest absolute Gasteiger partial charge is 0.389 e. The summed E-state index contributed by atoms with van der Waals surface area (Å²) in [4.78, 5) is 0. The normalized spacial score (nSPS) is 13.5. The molecule has 0 aliphatic heterocycles. The quantitative estimate of drug-likeness (QED) is 0.0951. The minimum absolute atomic E-state index is 0.0278. The smallest absolute Gasteiger partial charge is 0.211 e. The van der Waals surface area contributed by atoms with Crippen LogP contribution in [0.4, 0.5) is 30.7 Å². The van der Waals surface area contributed by atoms with Gasteiger partial charge in [-0.15, -0.1) is 12.3 Å². The molecule has 7 heteroatoms. The van der Waals surface area contributed by atoms with Crippen LogP contribution in [0.5, 0.6) is 0 Å². The lowest BCUT2D eigenvalue weighted by atomic mass is 9.80. The number of hydrogen-bond acceptors (Lipinski definition) is 0. The van der Waals surface area contributed by atoms with Crippen LogP contribution in [0.2, 0.25) is 0 Å². The molecule has 0 N–H and O–H groups in total. The Morgan fingerprint density at radius 1 is 0.475 bits per heavy atom. The van der Waals surface area contributed by atoms with E-state index in [2.05, 4.69) is 89.0 Å². The number of unbranched alkanes of at least 4 members (excludes halogenated alkanes) is 1. The number of terminal acetylenes is 1. The lowest BCUT2D eigenvalue weighted by Gasteiger charge is -2.26. The molecule has 362 valence electrons. The zero-order chi connectivity index (χ0) is 47.6. The Bertz CT molecular complexity index is 773. The molecule has 0 amide bonds. The van der Waals surface area contributed by atoms with Crippen molar-refractivity contribution >= 4 is 0 Å². The van der Waals surface area contributed by atoms with Gasteiger partial charge in [-0.05, 0) is 91.3 Å². The summed E-state index contributed by atoms with van der Waals surface area (Å²) in [7, 11) is 0. The molecule has 0 saturated heterocycles. The summed E-state index contributed by atoms with van der Waals surface area (Å²) in [6.45, 7) is 38.1. The van der Waals surface area contributed by atoms with Gasteiger partial charge in [0.25, 0.3) is 0 Å². The zero-order valence-corrected chi connectivity index (χ0v) is 42.6. The lowest BCUT2D eigenvalue weighted by molar-refractivity contribution is -0.137. The summed E-state index contributed by atoms with van der Waals surface area (Å²) in [6, 6.07) is 0. The van der Waals surface area contributed by atoms with Crippen molar-refractivity contribution in [2.75, 3.05) is 0 Å². The van der Waals surface area contributed by atoms with Crippen LogP contribution in [0.25, 0.3) is 0 Å². The van der Waals surface area contributed by atoms with E-state index in [9.17, 15) is 30.7 Å². The molecule has 2 aliphatic carbocycles. The molecule has 0 aromatic rings. The van der Waals surface area contributed by atoms with Crippen molar-refractivity contribution in [1.82, 2.24) is 0 Å². The van der Waals surface area contributed by atoms with E-state index < -0.39 is 25.4 Å².